The summed E-state index contributed by atoms with van der Waals surface area (Å²) in [4.78, 5) is 30.9. The highest BCUT2D eigenvalue weighted by atomic mass is 32.2. The summed E-state index contributed by atoms with van der Waals surface area (Å²) in [5.74, 6) is 0.666. The summed E-state index contributed by atoms with van der Waals surface area (Å²) in [6, 6.07) is 10.4. The first-order valence-electron chi connectivity index (χ1n) is 9.71. The van der Waals surface area contributed by atoms with E-state index in [2.05, 4.69) is 15.6 Å². The normalized spacial score (nSPS) is 13.1. The molecule has 0 bridgehead atoms. The van der Waals surface area contributed by atoms with E-state index in [0.29, 0.717) is 30.9 Å². The molecule has 0 saturated heterocycles. The fourth-order valence-corrected chi connectivity index (χ4v) is 3.78. The molecule has 0 radical (unpaired) electrons. The van der Waals surface area contributed by atoms with Gasteiger partial charge in [-0.15, -0.1) is 11.8 Å². The molecule has 1 aliphatic heterocycles. The molecule has 29 heavy (non-hydrogen) atoms. The average molecular weight is 415 g/mol. The van der Waals surface area contributed by atoms with Crippen LogP contribution in [0.5, 0.6) is 0 Å². The zero-order valence-electron chi connectivity index (χ0n) is 16.7. The van der Waals surface area contributed by atoms with Crippen LogP contribution in [0.1, 0.15) is 30.6 Å². The molecule has 0 unspecified atom stereocenters. The van der Waals surface area contributed by atoms with E-state index in [9.17, 15) is 9.59 Å². The Morgan fingerprint density at radius 2 is 2.03 bits per heavy atom. The van der Waals surface area contributed by atoms with E-state index in [1.54, 1.807) is 47.1 Å². The monoisotopic (exact) mass is 414 g/mol. The highest BCUT2D eigenvalue weighted by molar-refractivity contribution is 7.99. The van der Waals surface area contributed by atoms with E-state index in [0.717, 1.165) is 22.9 Å². The molecule has 0 fully saturated rings. The van der Waals surface area contributed by atoms with Crippen molar-refractivity contribution in [3.63, 3.8) is 0 Å². The lowest BCUT2D eigenvalue weighted by Gasteiger charge is -2.28. The van der Waals surface area contributed by atoms with Gasteiger partial charge in [0.2, 0.25) is 0 Å². The standard InChI is InChI=1S/C21H26N4O3S/c1-15(2)28-13-4-11-22-19(26)16-6-8-17(9-7-16)24-21(27)25-12-14-29-20-18(25)5-3-10-23-20/h3,5-10,15H,4,11-14H2,1-2H3,(H,22,26)(H,24,27). The highest BCUT2D eigenvalue weighted by Crippen LogP contribution is 2.32. The number of carbonyl (C=O) groups excluding carboxylic acids is 2. The Hall–Kier alpha value is -2.58. The number of hydrogen-bond donors (Lipinski definition) is 2. The maximum absolute atomic E-state index is 12.7. The van der Waals surface area contributed by atoms with Crippen molar-refractivity contribution in [3.8, 4) is 0 Å². The van der Waals surface area contributed by atoms with Crippen molar-refractivity contribution >= 4 is 35.1 Å². The lowest BCUT2D eigenvalue weighted by atomic mass is 10.2. The van der Waals surface area contributed by atoms with Gasteiger partial charge in [0.1, 0.15) is 5.03 Å². The number of anilines is 2. The average Bonchev–Trinajstić information content (AvgIpc) is 2.73. The van der Waals surface area contributed by atoms with Crippen molar-refractivity contribution in [1.82, 2.24) is 10.3 Å². The molecule has 1 aromatic carbocycles. The second-order valence-electron chi connectivity index (χ2n) is 6.86. The van der Waals surface area contributed by atoms with Crippen molar-refractivity contribution < 1.29 is 14.3 Å². The quantitative estimate of drug-likeness (QED) is 0.674. The Morgan fingerprint density at radius 1 is 1.24 bits per heavy atom. The van der Waals surface area contributed by atoms with Gasteiger partial charge in [0.15, 0.2) is 0 Å². The molecule has 1 aliphatic rings. The lowest BCUT2D eigenvalue weighted by molar-refractivity contribution is 0.0757. The van der Waals surface area contributed by atoms with Crippen LogP contribution >= 0.6 is 11.8 Å². The van der Waals surface area contributed by atoms with Crippen LogP contribution in [0.25, 0.3) is 0 Å². The molecule has 1 aromatic heterocycles. The zero-order chi connectivity index (χ0) is 20.6. The Bertz CT molecular complexity index is 842. The van der Waals surface area contributed by atoms with Crippen LogP contribution < -0.4 is 15.5 Å². The molecule has 0 saturated carbocycles. The largest absolute Gasteiger partial charge is 0.379 e. The van der Waals surface area contributed by atoms with Gasteiger partial charge in [-0.25, -0.2) is 9.78 Å². The van der Waals surface area contributed by atoms with Gasteiger partial charge in [-0.05, 0) is 56.7 Å². The minimum atomic E-state index is -0.207. The number of urea groups is 1. The summed E-state index contributed by atoms with van der Waals surface area (Å²) >= 11 is 1.65. The molecular weight excluding hydrogens is 388 g/mol. The molecule has 0 spiro atoms. The molecule has 2 N–H and O–H groups in total. The topological polar surface area (TPSA) is 83.6 Å². The third kappa shape index (κ3) is 5.95. The molecule has 2 heterocycles. The first-order chi connectivity index (χ1) is 14.0. The van der Waals surface area contributed by atoms with Gasteiger partial charge >= 0.3 is 6.03 Å². The molecule has 0 aliphatic carbocycles. The summed E-state index contributed by atoms with van der Waals surface area (Å²) in [6.45, 7) is 5.77. The Kier molecular flexibility index (Phi) is 7.48. The first kappa shape index (κ1) is 21.1. The van der Waals surface area contributed by atoms with Gasteiger partial charge in [0, 0.05) is 42.9 Å². The number of pyridine rings is 1. The van der Waals surface area contributed by atoms with Crippen LogP contribution in [-0.2, 0) is 4.74 Å². The van der Waals surface area contributed by atoms with Gasteiger partial charge in [-0.2, -0.15) is 0 Å². The summed E-state index contributed by atoms with van der Waals surface area (Å²) in [5, 5.41) is 6.62. The number of thioether (sulfide) groups is 1. The number of nitrogens with zero attached hydrogens (tertiary/aromatic N) is 2. The number of amides is 3. The summed E-state index contributed by atoms with van der Waals surface area (Å²) < 4.78 is 5.45. The van der Waals surface area contributed by atoms with Gasteiger partial charge < -0.3 is 15.4 Å². The molecule has 0 atom stereocenters. The van der Waals surface area contributed by atoms with Crippen molar-refractivity contribution in [1.29, 1.82) is 0 Å². The fraction of sp³-hybridized carbons (Fsp3) is 0.381. The third-order valence-corrected chi connectivity index (χ3v) is 5.27. The summed E-state index contributed by atoms with van der Waals surface area (Å²) in [7, 11) is 0. The number of nitrogens with one attached hydrogen (secondary N) is 2. The summed E-state index contributed by atoms with van der Waals surface area (Å²) in [5.41, 5.74) is 2.01. The van der Waals surface area contributed by atoms with Gasteiger partial charge in [-0.3, -0.25) is 9.69 Å². The number of fused-ring (bicyclic) bond motifs is 1. The van der Waals surface area contributed by atoms with Crippen LogP contribution in [0.3, 0.4) is 0 Å². The van der Waals surface area contributed by atoms with Crippen LogP contribution in [0.4, 0.5) is 16.2 Å². The van der Waals surface area contributed by atoms with E-state index < -0.39 is 0 Å². The number of ether oxygens (including phenoxy) is 1. The highest BCUT2D eigenvalue weighted by Gasteiger charge is 2.23. The molecule has 2 aromatic rings. The van der Waals surface area contributed by atoms with Crippen LogP contribution in [-0.4, -0.2) is 48.5 Å². The molecule has 3 amide bonds. The number of carbonyl (C=O) groups is 2. The van der Waals surface area contributed by atoms with E-state index >= 15 is 0 Å². The van der Waals surface area contributed by atoms with E-state index in [-0.39, 0.29) is 18.0 Å². The smallest absolute Gasteiger partial charge is 0.326 e. The van der Waals surface area contributed by atoms with Gasteiger partial charge in [0.25, 0.3) is 5.91 Å². The number of aromatic nitrogens is 1. The molecule has 154 valence electrons. The second kappa shape index (κ2) is 10.3. The number of benzene rings is 1. The Morgan fingerprint density at radius 3 is 2.79 bits per heavy atom. The number of hydrogen-bond acceptors (Lipinski definition) is 5. The predicted molar refractivity (Wildman–Crippen MR) is 116 cm³/mol. The van der Waals surface area contributed by atoms with Gasteiger partial charge in [-0.1, -0.05) is 0 Å². The minimum Gasteiger partial charge on any atom is -0.379 e. The van der Waals surface area contributed by atoms with Crippen molar-refractivity contribution in [2.24, 2.45) is 0 Å². The van der Waals surface area contributed by atoms with Crippen LogP contribution in [0.15, 0.2) is 47.6 Å². The Labute approximate surface area is 175 Å². The minimum absolute atomic E-state index is 0.138. The van der Waals surface area contributed by atoms with Crippen LogP contribution in [0.2, 0.25) is 0 Å². The van der Waals surface area contributed by atoms with E-state index in [4.69, 9.17) is 4.74 Å². The van der Waals surface area contributed by atoms with Crippen molar-refractivity contribution in [2.75, 3.05) is 35.7 Å². The fourth-order valence-electron chi connectivity index (χ4n) is 2.86. The molecule has 3 rings (SSSR count). The molecule has 8 heteroatoms. The van der Waals surface area contributed by atoms with E-state index in [1.807, 2.05) is 26.0 Å². The zero-order valence-corrected chi connectivity index (χ0v) is 17.5. The lowest BCUT2D eigenvalue weighted by Crippen LogP contribution is -2.38. The maximum atomic E-state index is 12.7. The summed E-state index contributed by atoms with van der Waals surface area (Å²) in [6.07, 6.45) is 2.69. The van der Waals surface area contributed by atoms with Gasteiger partial charge in [0.05, 0.1) is 11.8 Å². The maximum Gasteiger partial charge on any atom is 0.326 e. The SMILES string of the molecule is CC(C)OCCCNC(=O)c1ccc(NC(=O)N2CCSc3ncccc32)cc1. The van der Waals surface area contributed by atoms with Crippen molar-refractivity contribution in [3.05, 3.63) is 48.2 Å². The molecule has 7 nitrogen and oxygen atoms in total. The van der Waals surface area contributed by atoms with Crippen LogP contribution in [0, 0.1) is 0 Å². The molecular formula is C21H26N4O3S. The predicted octanol–water partition coefficient (Wildman–Crippen LogP) is 3.77. The first-order valence-corrected chi connectivity index (χ1v) is 10.7. The third-order valence-electron chi connectivity index (χ3n) is 4.30. The van der Waals surface area contributed by atoms with E-state index in [1.165, 1.54) is 0 Å². The number of rotatable bonds is 7. The van der Waals surface area contributed by atoms with Crippen molar-refractivity contribution in [2.45, 2.75) is 31.4 Å². The Balaban J connectivity index is 1.52. The second-order valence-corrected chi connectivity index (χ2v) is 7.95.